The molecule has 40 heavy (non-hydrogen) atoms. The van der Waals surface area contributed by atoms with Gasteiger partial charge in [-0.05, 0) is 61.6 Å². The summed E-state index contributed by atoms with van der Waals surface area (Å²) in [6, 6.07) is 18.6. The van der Waals surface area contributed by atoms with Crippen LogP contribution in [0.1, 0.15) is 135 Å². The topological polar surface area (TPSA) is 24.7 Å². The summed E-state index contributed by atoms with van der Waals surface area (Å²) < 4.78 is 0. The third-order valence-corrected chi connectivity index (χ3v) is 7.30. The van der Waals surface area contributed by atoms with Gasteiger partial charge in [0.2, 0.25) is 0 Å². The van der Waals surface area contributed by atoms with E-state index in [9.17, 15) is 0 Å². The molecule has 0 saturated heterocycles. The number of allylic oxidation sites excluding steroid dienone is 3. The quantitative estimate of drug-likeness (QED) is 0.0989. The fraction of sp³-hybridized carbons (Fsp3) is 0.526. The van der Waals surface area contributed by atoms with Crippen molar-refractivity contribution >= 4 is 29.4 Å². The zero-order valence-corrected chi connectivity index (χ0v) is 25.7. The Kier molecular flexibility index (Phi) is 20.2. The van der Waals surface area contributed by atoms with Gasteiger partial charge >= 0.3 is 0 Å². The Hall–Kier alpha value is -2.74. The third-order valence-electron chi connectivity index (χ3n) is 7.30. The number of aliphatic imine (C=N–C) groups is 2. The molecule has 0 heterocycles. The number of rotatable bonds is 23. The minimum Gasteiger partial charge on any atom is -0.255 e. The average Bonchev–Trinajstić information content (AvgIpc) is 2.99. The molecule has 2 aromatic rings. The molecule has 2 nitrogen and oxygen atoms in total. The molecule has 218 valence electrons. The first-order valence-electron chi connectivity index (χ1n) is 16.4. The molecule has 2 rings (SSSR count). The first kappa shape index (κ1) is 33.5. The standard InChI is InChI=1S/C38H56N2/c1-3-5-7-9-11-12-13-14-15-16-18-20-23-29-38(34-39-36-27-24-21-25-28-36)40-37-32-30-35(31-33-37)26-22-19-17-10-8-6-4-2/h21-34H,3-20H2,1-2H3. The van der Waals surface area contributed by atoms with E-state index in [2.05, 4.69) is 67.4 Å². The van der Waals surface area contributed by atoms with Crippen molar-refractivity contribution in [3.8, 4) is 0 Å². The number of para-hydroxylation sites is 1. The Bertz CT molecular complexity index is 966. The third kappa shape index (κ3) is 17.8. The maximum atomic E-state index is 4.90. The predicted octanol–water partition coefficient (Wildman–Crippen LogP) is 12.8. The lowest BCUT2D eigenvalue weighted by atomic mass is 10.1. The summed E-state index contributed by atoms with van der Waals surface area (Å²) in [6.07, 6.45) is 34.9. The van der Waals surface area contributed by atoms with Gasteiger partial charge in [-0.3, -0.25) is 4.99 Å². The molecule has 0 N–H and O–H groups in total. The van der Waals surface area contributed by atoms with Crippen LogP contribution in [0.3, 0.4) is 0 Å². The summed E-state index contributed by atoms with van der Waals surface area (Å²) in [6.45, 7) is 4.55. The van der Waals surface area contributed by atoms with Crippen LogP contribution < -0.4 is 0 Å². The Morgan fingerprint density at radius 2 is 1.07 bits per heavy atom. The van der Waals surface area contributed by atoms with Gasteiger partial charge in [-0.15, -0.1) is 0 Å². The number of nitrogens with zero attached hydrogens (tertiary/aromatic N) is 2. The summed E-state index contributed by atoms with van der Waals surface area (Å²) in [5.41, 5.74) is 4.04. The van der Waals surface area contributed by atoms with E-state index in [0.717, 1.165) is 29.9 Å². The summed E-state index contributed by atoms with van der Waals surface area (Å²) >= 11 is 0. The zero-order chi connectivity index (χ0) is 28.4. The molecule has 0 unspecified atom stereocenters. The van der Waals surface area contributed by atoms with Crippen LogP contribution in [0.2, 0.25) is 0 Å². The van der Waals surface area contributed by atoms with Gasteiger partial charge in [0, 0.05) is 0 Å². The molecule has 0 saturated carbocycles. The largest absolute Gasteiger partial charge is 0.255 e. The molecule has 0 radical (unpaired) electrons. The van der Waals surface area contributed by atoms with E-state index in [1.54, 1.807) is 0 Å². The average molecular weight is 541 g/mol. The van der Waals surface area contributed by atoms with Crippen LogP contribution in [0, 0.1) is 0 Å². The highest BCUT2D eigenvalue weighted by molar-refractivity contribution is 6.36. The van der Waals surface area contributed by atoms with Crippen molar-refractivity contribution in [1.29, 1.82) is 0 Å². The SMILES string of the molecule is CCCCCCCC=Cc1ccc(N=C(C=CCCCCCCCCCCCCC)C=Nc2ccccc2)cc1. The minimum absolute atomic E-state index is 0.891. The molecule has 0 fully saturated rings. The molecular formula is C38H56N2. The monoisotopic (exact) mass is 540 g/mol. The number of unbranched alkanes of at least 4 members (excludes halogenated alkanes) is 16. The Balaban J connectivity index is 1.81. The highest BCUT2D eigenvalue weighted by atomic mass is 14.8. The lowest BCUT2D eigenvalue weighted by molar-refractivity contribution is 0.550. The predicted molar refractivity (Wildman–Crippen MR) is 181 cm³/mol. The Morgan fingerprint density at radius 1 is 0.550 bits per heavy atom. The number of hydrogen-bond donors (Lipinski definition) is 0. The van der Waals surface area contributed by atoms with Crippen molar-refractivity contribution in [3.63, 3.8) is 0 Å². The number of benzene rings is 2. The summed E-state index contributed by atoms with van der Waals surface area (Å²) in [5, 5.41) is 0. The molecule has 0 amide bonds. The fourth-order valence-corrected chi connectivity index (χ4v) is 4.79. The van der Waals surface area contributed by atoms with Crippen LogP contribution >= 0.6 is 0 Å². The van der Waals surface area contributed by atoms with Crippen LogP contribution in [0.4, 0.5) is 11.4 Å². The van der Waals surface area contributed by atoms with E-state index in [0.29, 0.717) is 0 Å². The van der Waals surface area contributed by atoms with Crippen LogP contribution in [0.25, 0.3) is 6.08 Å². The molecule has 2 aromatic carbocycles. The second-order valence-corrected chi connectivity index (χ2v) is 11.1. The highest BCUT2D eigenvalue weighted by Crippen LogP contribution is 2.17. The van der Waals surface area contributed by atoms with Gasteiger partial charge in [0.1, 0.15) is 0 Å². The smallest absolute Gasteiger partial charge is 0.0816 e. The van der Waals surface area contributed by atoms with Crippen molar-refractivity contribution in [2.45, 2.75) is 129 Å². The van der Waals surface area contributed by atoms with Crippen molar-refractivity contribution in [1.82, 2.24) is 0 Å². The molecule has 0 spiro atoms. The molecule has 0 atom stereocenters. The van der Waals surface area contributed by atoms with Gasteiger partial charge in [0.15, 0.2) is 0 Å². The van der Waals surface area contributed by atoms with Gasteiger partial charge in [-0.1, -0.05) is 152 Å². The van der Waals surface area contributed by atoms with E-state index in [1.165, 1.54) is 108 Å². The molecule has 0 bridgehead atoms. The molecular weight excluding hydrogens is 484 g/mol. The first-order chi connectivity index (χ1) is 19.8. The zero-order valence-electron chi connectivity index (χ0n) is 25.7. The normalized spacial score (nSPS) is 12.4. The highest BCUT2D eigenvalue weighted by Gasteiger charge is 1.97. The summed E-state index contributed by atoms with van der Waals surface area (Å²) in [7, 11) is 0. The number of hydrogen-bond acceptors (Lipinski definition) is 2. The Morgan fingerprint density at radius 3 is 1.65 bits per heavy atom. The summed E-state index contributed by atoms with van der Waals surface area (Å²) in [5.74, 6) is 0. The van der Waals surface area contributed by atoms with Crippen LogP contribution in [-0.2, 0) is 0 Å². The van der Waals surface area contributed by atoms with Crippen molar-refractivity contribution in [2.75, 3.05) is 0 Å². The van der Waals surface area contributed by atoms with Crippen molar-refractivity contribution < 1.29 is 0 Å². The van der Waals surface area contributed by atoms with E-state index < -0.39 is 0 Å². The molecule has 0 aliphatic rings. The maximum absolute atomic E-state index is 4.90. The van der Waals surface area contributed by atoms with Gasteiger partial charge in [-0.25, -0.2) is 4.99 Å². The minimum atomic E-state index is 0.891. The van der Waals surface area contributed by atoms with E-state index >= 15 is 0 Å². The lowest BCUT2D eigenvalue weighted by Gasteiger charge is -2.02. The maximum Gasteiger partial charge on any atom is 0.0816 e. The Labute approximate surface area is 246 Å². The van der Waals surface area contributed by atoms with Gasteiger partial charge in [0.25, 0.3) is 0 Å². The van der Waals surface area contributed by atoms with Gasteiger partial charge < -0.3 is 0 Å². The van der Waals surface area contributed by atoms with Crippen LogP contribution in [-0.4, -0.2) is 11.9 Å². The van der Waals surface area contributed by atoms with E-state index in [4.69, 9.17) is 4.99 Å². The van der Waals surface area contributed by atoms with Crippen LogP contribution in [0.5, 0.6) is 0 Å². The second kappa shape index (κ2) is 24.1. The molecule has 0 aliphatic heterocycles. The van der Waals surface area contributed by atoms with Gasteiger partial charge in [0.05, 0.1) is 23.3 Å². The van der Waals surface area contributed by atoms with E-state index in [1.807, 2.05) is 36.5 Å². The van der Waals surface area contributed by atoms with Crippen molar-refractivity contribution in [3.05, 3.63) is 78.4 Å². The molecule has 0 aliphatic carbocycles. The fourth-order valence-electron chi connectivity index (χ4n) is 4.79. The lowest BCUT2D eigenvalue weighted by Crippen LogP contribution is -1.94. The second-order valence-electron chi connectivity index (χ2n) is 11.1. The molecule has 2 heteroatoms. The van der Waals surface area contributed by atoms with E-state index in [-0.39, 0.29) is 0 Å². The molecule has 0 aromatic heterocycles. The van der Waals surface area contributed by atoms with Crippen LogP contribution in [0.15, 0.2) is 82.8 Å². The summed E-state index contributed by atoms with van der Waals surface area (Å²) in [4.78, 5) is 9.56. The van der Waals surface area contributed by atoms with Crippen molar-refractivity contribution in [2.24, 2.45) is 9.98 Å². The van der Waals surface area contributed by atoms with Gasteiger partial charge in [-0.2, -0.15) is 0 Å². The first-order valence-corrected chi connectivity index (χ1v) is 16.4.